The van der Waals surface area contributed by atoms with Gasteiger partial charge in [-0.05, 0) is 52.7 Å². The van der Waals surface area contributed by atoms with Crippen molar-refractivity contribution in [1.29, 1.82) is 0 Å². The number of carbonyl (C=O) groups is 2. The number of thiazole rings is 1. The fraction of sp³-hybridized carbons (Fsp3) is 0.150. The Balaban J connectivity index is 1.74. The van der Waals surface area contributed by atoms with Crippen LogP contribution >= 0.6 is 27.3 Å². The first-order chi connectivity index (χ1) is 13.0. The average Bonchev–Trinajstić information content (AvgIpc) is 3.08. The fourth-order valence-corrected chi connectivity index (χ4v) is 3.82. The normalized spacial score (nSPS) is 10.5. The predicted octanol–water partition coefficient (Wildman–Crippen LogP) is 5.26. The molecule has 5 nitrogen and oxygen atoms in total. The number of hydrogen-bond donors (Lipinski definition) is 0. The van der Waals surface area contributed by atoms with Crippen molar-refractivity contribution in [1.82, 2.24) is 4.98 Å². The van der Waals surface area contributed by atoms with E-state index in [9.17, 15) is 9.59 Å². The van der Waals surface area contributed by atoms with E-state index in [-0.39, 0.29) is 12.5 Å². The molecule has 0 N–H and O–H groups in total. The summed E-state index contributed by atoms with van der Waals surface area (Å²) in [6.45, 7) is 3.50. The first-order valence-corrected chi connectivity index (χ1v) is 9.86. The molecule has 1 amide bonds. The molecule has 138 valence electrons. The lowest BCUT2D eigenvalue weighted by Gasteiger charge is -2.18. The SMILES string of the molecule is CC(=O)N(c1cccc(C)c1)c1nc(COC(=O)c2ccccc2Br)cs1. The molecule has 0 radical (unpaired) electrons. The van der Waals surface area contributed by atoms with Crippen LogP contribution in [-0.2, 0) is 16.1 Å². The molecular formula is C20H17BrN2O3S. The van der Waals surface area contributed by atoms with Gasteiger partial charge in [0.2, 0.25) is 5.91 Å². The van der Waals surface area contributed by atoms with Crippen LogP contribution < -0.4 is 4.90 Å². The van der Waals surface area contributed by atoms with Crippen molar-refractivity contribution in [2.75, 3.05) is 4.90 Å². The first kappa shape index (κ1) is 19.3. The van der Waals surface area contributed by atoms with E-state index in [1.165, 1.54) is 18.3 Å². The van der Waals surface area contributed by atoms with E-state index in [2.05, 4.69) is 20.9 Å². The maximum absolute atomic E-state index is 12.2. The van der Waals surface area contributed by atoms with Crippen LogP contribution in [0.2, 0.25) is 0 Å². The average molecular weight is 445 g/mol. The molecule has 0 atom stereocenters. The lowest BCUT2D eigenvalue weighted by Crippen LogP contribution is -2.22. The molecule has 0 aliphatic carbocycles. The van der Waals surface area contributed by atoms with Crippen LogP contribution in [0, 0.1) is 6.92 Å². The summed E-state index contributed by atoms with van der Waals surface area (Å²) < 4.78 is 6.02. The van der Waals surface area contributed by atoms with Crippen molar-refractivity contribution in [3.8, 4) is 0 Å². The van der Waals surface area contributed by atoms with Crippen LogP contribution in [0.3, 0.4) is 0 Å². The highest BCUT2D eigenvalue weighted by Crippen LogP contribution is 2.29. The number of ether oxygens (including phenoxy) is 1. The van der Waals surface area contributed by atoms with E-state index >= 15 is 0 Å². The smallest absolute Gasteiger partial charge is 0.339 e. The minimum absolute atomic E-state index is 0.0379. The van der Waals surface area contributed by atoms with E-state index < -0.39 is 5.97 Å². The molecule has 0 bridgehead atoms. The molecule has 1 aromatic heterocycles. The molecule has 3 aromatic rings. The summed E-state index contributed by atoms with van der Waals surface area (Å²) in [4.78, 5) is 30.4. The number of amides is 1. The van der Waals surface area contributed by atoms with Crippen molar-refractivity contribution in [3.63, 3.8) is 0 Å². The molecule has 7 heteroatoms. The Morgan fingerprint density at radius 3 is 2.67 bits per heavy atom. The topological polar surface area (TPSA) is 59.5 Å². The van der Waals surface area contributed by atoms with Gasteiger partial charge in [-0.15, -0.1) is 11.3 Å². The Morgan fingerprint density at radius 1 is 1.19 bits per heavy atom. The first-order valence-electron chi connectivity index (χ1n) is 8.19. The van der Waals surface area contributed by atoms with Gasteiger partial charge < -0.3 is 4.74 Å². The molecule has 3 rings (SSSR count). The second-order valence-electron chi connectivity index (χ2n) is 5.87. The summed E-state index contributed by atoms with van der Waals surface area (Å²) in [7, 11) is 0. The lowest BCUT2D eigenvalue weighted by atomic mass is 10.2. The van der Waals surface area contributed by atoms with E-state index in [4.69, 9.17) is 4.74 Å². The summed E-state index contributed by atoms with van der Waals surface area (Å²) >= 11 is 4.67. The Bertz CT molecular complexity index is 987. The summed E-state index contributed by atoms with van der Waals surface area (Å²) in [5.41, 5.74) is 2.86. The van der Waals surface area contributed by atoms with Crippen molar-refractivity contribution in [3.05, 3.63) is 75.2 Å². The zero-order chi connectivity index (χ0) is 19.4. The quantitative estimate of drug-likeness (QED) is 0.503. The number of benzene rings is 2. The van der Waals surface area contributed by atoms with Crippen molar-refractivity contribution >= 4 is 50.0 Å². The second-order valence-corrected chi connectivity index (χ2v) is 7.56. The zero-order valence-electron chi connectivity index (χ0n) is 14.8. The molecule has 0 aliphatic rings. The van der Waals surface area contributed by atoms with Gasteiger partial charge in [0.25, 0.3) is 0 Å². The molecule has 0 saturated carbocycles. The molecule has 1 heterocycles. The van der Waals surface area contributed by atoms with Crippen LogP contribution in [0.25, 0.3) is 0 Å². The van der Waals surface area contributed by atoms with Gasteiger partial charge in [-0.1, -0.05) is 24.3 Å². The number of nitrogens with zero attached hydrogens (tertiary/aromatic N) is 2. The maximum atomic E-state index is 12.2. The number of anilines is 2. The highest BCUT2D eigenvalue weighted by Gasteiger charge is 2.19. The third kappa shape index (κ3) is 4.61. The molecule has 27 heavy (non-hydrogen) atoms. The second kappa shape index (κ2) is 8.45. The van der Waals surface area contributed by atoms with Crippen molar-refractivity contribution in [2.24, 2.45) is 0 Å². The van der Waals surface area contributed by atoms with Crippen LogP contribution in [0.1, 0.15) is 28.5 Å². The summed E-state index contributed by atoms with van der Waals surface area (Å²) in [6, 6.07) is 14.7. The molecule has 0 aliphatic heterocycles. The molecule has 0 fully saturated rings. The molecular weight excluding hydrogens is 428 g/mol. The third-order valence-corrected chi connectivity index (χ3v) is 5.32. The van der Waals surface area contributed by atoms with Gasteiger partial charge in [0.1, 0.15) is 6.61 Å². The van der Waals surface area contributed by atoms with Gasteiger partial charge in [0.05, 0.1) is 16.9 Å². The van der Waals surface area contributed by atoms with Crippen LogP contribution in [-0.4, -0.2) is 16.9 Å². The van der Waals surface area contributed by atoms with E-state index in [1.807, 2.05) is 37.3 Å². The van der Waals surface area contributed by atoms with Gasteiger partial charge in [-0.25, -0.2) is 9.78 Å². The summed E-state index contributed by atoms with van der Waals surface area (Å²) in [5.74, 6) is -0.564. The zero-order valence-corrected chi connectivity index (χ0v) is 17.2. The van der Waals surface area contributed by atoms with Crippen molar-refractivity contribution in [2.45, 2.75) is 20.5 Å². The third-order valence-electron chi connectivity index (χ3n) is 3.75. The number of aryl methyl sites for hydroxylation is 1. The fourth-order valence-electron chi connectivity index (χ4n) is 2.50. The van der Waals surface area contributed by atoms with Gasteiger partial charge in [0.15, 0.2) is 5.13 Å². The number of aromatic nitrogens is 1. The Hall–Kier alpha value is -2.51. The van der Waals surface area contributed by atoms with E-state index in [0.717, 1.165) is 11.3 Å². The van der Waals surface area contributed by atoms with Gasteiger partial charge in [-0.2, -0.15) is 0 Å². The van der Waals surface area contributed by atoms with Gasteiger partial charge in [-0.3, -0.25) is 9.69 Å². The van der Waals surface area contributed by atoms with E-state index in [0.29, 0.717) is 20.9 Å². The Kier molecular flexibility index (Phi) is 6.03. The number of carbonyl (C=O) groups excluding carboxylic acids is 2. The minimum Gasteiger partial charge on any atom is -0.456 e. The van der Waals surface area contributed by atoms with Crippen LogP contribution in [0.5, 0.6) is 0 Å². The minimum atomic E-state index is -0.431. The molecule has 0 unspecified atom stereocenters. The Morgan fingerprint density at radius 2 is 1.96 bits per heavy atom. The Labute approximate surface area is 169 Å². The number of hydrogen-bond acceptors (Lipinski definition) is 5. The van der Waals surface area contributed by atoms with Gasteiger partial charge in [0, 0.05) is 16.8 Å². The number of rotatable bonds is 5. The molecule has 0 saturated heterocycles. The lowest BCUT2D eigenvalue weighted by molar-refractivity contribution is -0.115. The maximum Gasteiger partial charge on any atom is 0.339 e. The van der Waals surface area contributed by atoms with Crippen LogP contribution in [0.4, 0.5) is 10.8 Å². The highest BCUT2D eigenvalue weighted by atomic mass is 79.9. The summed E-state index contributed by atoms with van der Waals surface area (Å²) in [6.07, 6.45) is 0. The molecule has 2 aromatic carbocycles. The number of halogens is 1. The van der Waals surface area contributed by atoms with E-state index in [1.54, 1.807) is 28.5 Å². The summed E-state index contributed by atoms with van der Waals surface area (Å²) in [5, 5.41) is 2.33. The monoisotopic (exact) mass is 444 g/mol. The largest absolute Gasteiger partial charge is 0.456 e. The highest BCUT2D eigenvalue weighted by molar-refractivity contribution is 9.10. The van der Waals surface area contributed by atoms with Crippen molar-refractivity contribution < 1.29 is 14.3 Å². The van der Waals surface area contributed by atoms with Crippen LogP contribution in [0.15, 0.2) is 58.4 Å². The predicted molar refractivity (Wildman–Crippen MR) is 109 cm³/mol. The molecule has 0 spiro atoms. The standard InChI is InChI=1S/C20H17BrN2O3S/c1-13-6-5-7-16(10-13)23(14(2)24)20-22-15(12-27-20)11-26-19(25)17-8-3-4-9-18(17)21/h3-10,12H,11H2,1-2H3. The van der Waals surface area contributed by atoms with Gasteiger partial charge >= 0.3 is 5.97 Å². The number of esters is 1.